The lowest BCUT2D eigenvalue weighted by atomic mass is 9.94. The second kappa shape index (κ2) is 8.37. The van der Waals surface area contributed by atoms with Crippen LogP contribution in [0.5, 0.6) is 0 Å². The molecule has 0 bridgehead atoms. The molecule has 1 aliphatic rings. The third-order valence-electron chi connectivity index (χ3n) is 5.02. The highest BCUT2D eigenvalue weighted by molar-refractivity contribution is 6.06. The van der Waals surface area contributed by atoms with Crippen molar-refractivity contribution < 1.29 is 14.0 Å². The maximum Gasteiger partial charge on any atom is 0.325 e. The number of unbranched alkanes of at least 4 members (excludes halogenated alkanes) is 4. The van der Waals surface area contributed by atoms with E-state index in [1.54, 1.807) is 0 Å². The predicted molar refractivity (Wildman–Crippen MR) is 103 cm³/mol. The first-order valence-electron chi connectivity index (χ1n) is 9.67. The van der Waals surface area contributed by atoms with Gasteiger partial charge >= 0.3 is 6.03 Å². The van der Waals surface area contributed by atoms with Gasteiger partial charge in [0.25, 0.3) is 5.91 Å². The SMILES string of the molecule is CCCCCCC[C@@]1(C)NC(=O)N(Cc2coc(-c3ccccc3)n2)C1=O. The maximum absolute atomic E-state index is 12.8. The zero-order valence-electron chi connectivity index (χ0n) is 16.0. The lowest BCUT2D eigenvalue weighted by molar-refractivity contribution is -0.131. The molecule has 0 saturated carbocycles. The Labute approximate surface area is 160 Å². The fourth-order valence-corrected chi connectivity index (χ4v) is 3.40. The number of hydrogen-bond acceptors (Lipinski definition) is 4. The van der Waals surface area contributed by atoms with Crippen LogP contribution in [0.25, 0.3) is 11.5 Å². The number of nitrogens with zero attached hydrogens (tertiary/aromatic N) is 2. The summed E-state index contributed by atoms with van der Waals surface area (Å²) >= 11 is 0. The van der Waals surface area contributed by atoms with Crippen molar-refractivity contribution in [3.05, 3.63) is 42.3 Å². The van der Waals surface area contributed by atoms with Gasteiger partial charge < -0.3 is 9.73 Å². The fraction of sp³-hybridized carbons (Fsp3) is 0.476. The molecule has 1 atom stereocenters. The van der Waals surface area contributed by atoms with E-state index in [1.807, 2.05) is 37.3 Å². The molecule has 6 heteroatoms. The zero-order chi connectivity index (χ0) is 19.3. The first-order valence-corrected chi connectivity index (χ1v) is 9.67. The average molecular weight is 369 g/mol. The summed E-state index contributed by atoms with van der Waals surface area (Å²) in [6, 6.07) is 9.17. The summed E-state index contributed by atoms with van der Waals surface area (Å²) in [5.41, 5.74) is 0.595. The van der Waals surface area contributed by atoms with Gasteiger partial charge in [0.2, 0.25) is 5.89 Å². The monoisotopic (exact) mass is 369 g/mol. The number of aromatic nitrogens is 1. The van der Waals surface area contributed by atoms with Crippen LogP contribution in [0.4, 0.5) is 4.79 Å². The van der Waals surface area contributed by atoms with E-state index in [1.165, 1.54) is 30.4 Å². The minimum Gasteiger partial charge on any atom is -0.444 e. The summed E-state index contributed by atoms with van der Waals surface area (Å²) in [6.07, 6.45) is 7.73. The lowest BCUT2D eigenvalue weighted by Crippen LogP contribution is -2.43. The third kappa shape index (κ3) is 4.38. The molecule has 0 spiro atoms. The van der Waals surface area contributed by atoms with E-state index in [4.69, 9.17) is 4.42 Å². The Bertz CT molecular complexity index is 787. The van der Waals surface area contributed by atoms with E-state index in [-0.39, 0.29) is 18.5 Å². The number of oxazole rings is 1. The van der Waals surface area contributed by atoms with Gasteiger partial charge in [-0.15, -0.1) is 0 Å². The molecular weight excluding hydrogens is 342 g/mol. The van der Waals surface area contributed by atoms with Crippen molar-refractivity contribution >= 4 is 11.9 Å². The van der Waals surface area contributed by atoms with Crippen LogP contribution in [-0.2, 0) is 11.3 Å². The minimum absolute atomic E-state index is 0.117. The Morgan fingerprint density at radius 2 is 1.85 bits per heavy atom. The van der Waals surface area contributed by atoms with Crippen molar-refractivity contribution in [2.24, 2.45) is 0 Å². The number of urea groups is 1. The van der Waals surface area contributed by atoms with Crippen LogP contribution in [0.1, 0.15) is 58.1 Å². The zero-order valence-corrected chi connectivity index (χ0v) is 16.0. The van der Waals surface area contributed by atoms with Crippen molar-refractivity contribution in [3.8, 4) is 11.5 Å². The largest absolute Gasteiger partial charge is 0.444 e. The molecular formula is C21H27N3O3. The third-order valence-corrected chi connectivity index (χ3v) is 5.02. The van der Waals surface area contributed by atoms with E-state index in [9.17, 15) is 9.59 Å². The molecule has 144 valence electrons. The topological polar surface area (TPSA) is 75.4 Å². The fourth-order valence-electron chi connectivity index (χ4n) is 3.40. The number of benzene rings is 1. The van der Waals surface area contributed by atoms with E-state index in [0.29, 0.717) is 18.0 Å². The van der Waals surface area contributed by atoms with Crippen molar-refractivity contribution in [3.63, 3.8) is 0 Å². The summed E-state index contributed by atoms with van der Waals surface area (Å²) in [6.45, 7) is 4.10. The number of carbonyl (C=O) groups excluding carboxylic acids is 2. The minimum atomic E-state index is -0.824. The van der Waals surface area contributed by atoms with E-state index >= 15 is 0 Å². The number of amides is 3. The van der Waals surface area contributed by atoms with Gasteiger partial charge in [-0.25, -0.2) is 9.78 Å². The molecule has 2 aromatic rings. The quantitative estimate of drug-likeness (QED) is 0.521. The van der Waals surface area contributed by atoms with Crippen LogP contribution in [-0.4, -0.2) is 27.4 Å². The van der Waals surface area contributed by atoms with Crippen molar-refractivity contribution in [1.29, 1.82) is 0 Å². The molecule has 27 heavy (non-hydrogen) atoms. The molecule has 1 N–H and O–H groups in total. The second-order valence-corrected chi connectivity index (χ2v) is 7.33. The van der Waals surface area contributed by atoms with Gasteiger partial charge in [0.15, 0.2) is 0 Å². The normalized spacial score (nSPS) is 19.6. The molecule has 0 radical (unpaired) electrons. The standard InChI is InChI=1S/C21H27N3O3/c1-3-4-5-6-10-13-21(2)19(25)24(20(26)23-21)14-17-15-27-18(22-17)16-11-8-7-9-12-16/h7-9,11-12,15H,3-6,10,13-14H2,1-2H3,(H,23,26)/t21-/m1/s1. The molecule has 1 fully saturated rings. The van der Waals surface area contributed by atoms with Gasteiger partial charge in [-0.3, -0.25) is 9.69 Å². The maximum atomic E-state index is 12.8. The van der Waals surface area contributed by atoms with Gasteiger partial charge in [-0.1, -0.05) is 57.2 Å². The Morgan fingerprint density at radius 3 is 2.59 bits per heavy atom. The van der Waals surface area contributed by atoms with Gasteiger partial charge in [0.1, 0.15) is 11.8 Å². The van der Waals surface area contributed by atoms with Crippen LogP contribution >= 0.6 is 0 Å². The van der Waals surface area contributed by atoms with Crippen LogP contribution in [0.15, 0.2) is 41.0 Å². The predicted octanol–water partition coefficient (Wildman–Crippen LogP) is 4.51. The first-order chi connectivity index (χ1) is 13.0. The molecule has 1 aliphatic heterocycles. The summed E-state index contributed by atoms with van der Waals surface area (Å²) in [5, 5.41) is 2.86. The van der Waals surface area contributed by atoms with Crippen LogP contribution in [0.2, 0.25) is 0 Å². The van der Waals surface area contributed by atoms with Gasteiger partial charge in [0, 0.05) is 5.56 Å². The Kier molecular flexibility index (Phi) is 5.94. The van der Waals surface area contributed by atoms with Crippen LogP contribution in [0.3, 0.4) is 0 Å². The molecule has 3 rings (SSSR count). The van der Waals surface area contributed by atoms with Gasteiger partial charge in [-0.05, 0) is 25.5 Å². The molecule has 0 aliphatic carbocycles. The van der Waals surface area contributed by atoms with Crippen molar-refractivity contribution in [1.82, 2.24) is 15.2 Å². The Hall–Kier alpha value is -2.63. The summed E-state index contributed by atoms with van der Waals surface area (Å²) in [4.78, 5) is 30.8. The highest BCUT2D eigenvalue weighted by Crippen LogP contribution is 2.26. The number of carbonyl (C=O) groups is 2. The summed E-state index contributed by atoms with van der Waals surface area (Å²) < 4.78 is 5.51. The summed E-state index contributed by atoms with van der Waals surface area (Å²) in [7, 11) is 0. The number of hydrogen-bond donors (Lipinski definition) is 1. The first kappa shape index (κ1) is 19.1. The van der Waals surface area contributed by atoms with Crippen molar-refractivity contribution in [2.75, 3.05) is 0 Å². The lowest BCUT2D eigenvalue weighted by Gasteiger charge is -2.21. The average Bonchev–Trinajstić information content (AvgIpc) is 3.22. The number of imide groups is 1. The highest BCUT2D eigenvalue weighted by Gasteiger charge is 2.47. The van der Waals surface area contributed by atoms with Crippen LogP contribution in [0, 0.1) is 0 Å². The highest BCUT2D eigenvalue weighted by atomic mass is 16.3. The van der Waals surface area contributed by atoms with Crippen LogP contribution < -0.4 is 5.32 Å². The molecule has 2 heterocycles. The van der Waals surface area contributed by atoms with E-state index in [2.05, 4.69) is 17.2 Å². The van der Waals surface area contributed by atoms with E-state index < -0.39 is 5.54 Å². The molecule has 1 aromatic carbocycles. The number of rotatable bonds is 9. The Balaban J connectivity index is 1.61. The molecule has 1 saturated heterocycles. The van der Waals surface area contributed by atoms with Gasteiger partial charge in [-0.2, -0.15) is 0 Å². The molecule has 0 unspecified atom stereocenters. The second-order valence-electron chi connectivity index (χ2n) is 7.33. The smallest absolute Gasteiger partial charge is 0.325 e. The van der Waals surface area contributed by atoms with E-state index in [0.717, 1.165) is 18.4 Å². The summed E-state index contributed by atoms with van der Waals surface area (Å²) in [5.74, 6) is 0.295. The Morgan fingerprint density at radius 1 is 1.11 bits per heavy atom. The van der Waals surface area contributed by atoms with Crippen molar-refractivity contribution in [2.45, 2.75) is 64.5 Å². The molecule has 3 amide bonds. The van der Waals surface area contributed by atoms with Gasteiger partial charge in [0.05, 0.1) is 12.2 Å². The molecule has 6 nitrogen and oxygen atoms in total. The number of nitrogens with one attached hydrogen (secondary N) is 1. The molecule has 1 aromatic heterocycles.